The molecule has 4 aromatic rings. The molecule has 0 radical (unpaired) electrons. The highest BCUT2D eigenvalue weighted by Gasteiger charge is 2.26. The van der Waals surface area contributed by atoms with Crippen LogP contribution in [0.5, 0.6) is 5.75 Å². The summed E-state index contributed by atoms with van der Waals surface area (Å²) in [5.41, 5.74) is 3.29. The number of ether oxygens (including phenoxy) is 1. The van der Waals surface area contributed by atoms with Gasteiger partial charge in [0.25, 0.3) is 15.9 Å². The van der Waals surface area contributed by atoms with Gasteiger partial charge in [-0.15, -0.1) is 0 Å². The molecule has 0 atom stereocenters. The molecule has 6 nitrogen and oxygen atoms in total. The van der Waals surface area contributed by atoms with Crippen LogP contribution in [0.25, 0.3) is 0 Å². The number of methoxy groups -OCH3 is 1. The number of nitrogens with one attached hydrogen (secondary N) is 1. The molecule has 4 rings (SSSR count). The number of benzene rings is 4. The number of carbonyl (C=O) groups is 1. The topological polar surface area (TPSA) is 75.7 Å². The van der Waals surface area contributed by atoms with E-state index in [1.54, 1.807) is 66.7 Å². The standard InChI is InChI=1S/C28H24BrClN2O4S/c1-19-6-12-24(13-7-19)32(37(34,35)25-14-15-27(36-2)26(29)17-25)18-20-8-10-21(11-9-20)28(33)31-23-5-3-4-22(30)16-23/h3-17H,18H2,1-2H3,(H,31,33). The molecule has 9 heteroatoms. The molecule has 0 unspecified atom stereocenters. The minimum Gasteiger partial charge on any atom is -0.496 e. The van der Waals surface area contributed by atoms with Gasteiger partial charge >= 0.3 is 0 Å². The molecule has 1 N–H and O–H groups in total. The molecule has 0 aliphatic carbocycles. The lowest BCUT2D eigenvalue weighted by Gasteiger charge is -2.25. The predicted octanol–water partition coefficient (Wildman–Crippen LogP) is 7.07. The van der Waals surface area contributed by atoms with Crippen molar-refractivity contribution < 1.29 is 17.9 Å². The smallest absolute Gasteiger partial charge is 0.264 e. The Hall–Kier alpha value is -3.33. The maximum absolute atomic E-state index is 13.8. The van der Waals surface area contributed by atoms with Crippen molar-refractivity contribution in [1.29, 1.82) is 0 Å². The molecule has 4 aromatic carbocycles. The second kappa shape index (κ2) is 11.4. The third-order valence-electron chi connectivity index (χ3n) is 5.66. The van der Waals surface area contributed by atoms with Gasteiger partial charge in [-0.05, 0) is 89.1 Å². The number of rotatable bonds is 8. The number of anilines is 2. The maximum atomic E-state index is 13.8. The third-order valence-corrected chi connectivity index (χ3v) is 8.28. The van der Waals surface area contributed by atoms with Crippen molar-refractivity contribution in [2.45, 2.75) is 18.4 Å². The summed E-state index contributed by atoms with van der Waals surface area (Å²) in [4.78, 5) is 12.8. The summed E-state index contributed by atoms with van der Waals surface area (Å²) >= 11 is 9.37. The monoisotopic (exact) mass is 598 g/mol. The molecule has 0 fully saturated rings. The fourth-order valence-electron chi connectivity index (χ4n) is 3.66. The molecule has 0 saturated heterocycles. The van der Waals surface area contributed by atoms with Crippen LogP contribution in [0.15, 0.2) is 100 Å². The Bertz CT molecular complexity index is 1530. The molecule has 190 valence electrons. The first-order valence-corrected chi connectivity index (χ1v) is 13.9. The van der Waals surface area contributed by atoms with Gasteiger partial charge in [-0.3, -0.25) is 9.10 Å². The summed E-state index contributed by atoms with van der Waals surface area (Å²) in [6.45, 7) is 2.02. The Labute approximate surface area is 230 Å². The largest absolute Gasteiger partial charge is 0.496 e. The molecular formula is C28H24BrClN2O4S. The van der Waals surface area contributed by atoms with E-state index in [2.05, 4.69) is 21.2 Å². The summed E-state index contributed by atoms with van der Waals surface area (Å²) in [6, 6.07) is 25.6. The minimum atomic E-state index is -3.93. The van der Waals surface area contributed by atoms with Crippen molar-refractivity contribution >= 4 is 54.8 Å². The van der Waals surface area contributed by atoms with Gasteiger partial charge in [-0.25, -0.2) is 8.42 Å². The first kappa shape index (κ1) is 26.7. The third kappa shape index (κ3) is 6.33. The van der Waals surface area contributed by atoms with E-state index in [0.717, 1.165) is 11.1 Å². The van der Waals surface area contributed by atoms with Crippen LogP contribution in [0.2, 0.25) is 5.02 Å². The van der Waals surface area contributed by atoms with Gasteiger partial charge < -0.3 is 10.1 Å². The van der Waals surface area contributed by atoms with Gasteiger partial charge in [0.15, 0.2) is 0 Å². The molecule has 0 heterocycles. The predicted molar refractivity (Wildman–Crippen MR) is 151 cm³/mol. The number of hydrogen-bond acceptors (Lipinski definition) is 4. The fourth-order valence-corrected chi connectivity index (χ4v) is 6.02. The van der Waals surface area contributed by atoms with E-state index in [4.69, 9.17) is 16.3 Å². The summed E-state index contributed by atoms with van der Waals surface area (Å²) in [6.07, 6.45) is 0. The molecule has 0 aromatic heterocycles. The van der Waals surface area contributed by atoms with Crippen molar-refractivity contribution in [2.24, 2.45) is 0 Å². The molecule has 0 saturated carbocycles. The second-order valence-corrected chi connectivity index (χ2v) is 11.5. The molecular weight excluding hydrogens is 576 g/mol. The average molecular weight is 600 g/mol. The number of halogens is 2. The van der Waals surface area contributed by atoms with Crippen LogP contribution in [0.1, 0.15) is 21.5 Å². The van der Waals surface area contributed by atoms with Gasteiger partial charge in [-0.2, -0.15) is 0 Å². The fraction of sp³-hybridized carbons (Fsp3) is 0.107. The van der Waals surface area contributed by atoms with Crippen molar-refractivity contribution in [3.05, 3.63) is 117 Å². The lowest BCUT2D eigenvalue weighted by molar-refractivity contribution is 0.102. The van der Waals surface area contributed by atoms with Crippen molar-refractivity contribution in [3.8, 4) is 5.75 Å². The zero-order chi connectivity index (χ0) is 26.6. The van der Waals surface area contributed by atoms with Crippen LogP contribution in [-0.2, 0) is 16.6 Å². The van der Waals surface area contributed by atoms with Crippen LogP contribution >= 0.6 is 27.5 Å². The SMILES string of the molecule is COc1ccc(S(=O)(=O)N(Cc2ccc(C(=O)Nc3cccc(Cl)c3)cc2)c2ccc(C)cc2)cc1Br. The number of carbonyl (C=O) groups excluding carboxylic acids is 1. The van der Waals surface area contributed by atoms with E-state index in [-0.39, 0.29) is 17.3 Å². The summed E-state index contributed by atoms with van der Waals surface area (Å²) in [5.74, 6) is 0.243. The Morgan fingerprint density at radius 3 is 2.30 bits per heavy atom. The van der Waals surface area contributed by atoms with Gasteiger partial charge in [0.2, 0.25) is 0 Å². The molecule has 0 aliphatic rings. The van der Waals surface area contributed by atoms with Crippen molar-refractivity contribution in [1.82, 2.24) is 0 Å². The number of aryl methyl sites for hydroxylation is 1. The highest BCUT2D eigenvalue weighted by molar-refractivity contribution is 9.10. The van der Waals surface area contributed by atoms with Gasteiger partial charge in [-0.1, -0.05) is 47.5 Å². The second-order valence-electron chi connectivity index (χ2n) is 8.30. The summed E-state index contributed by atoms with van der Waals surface area (Å²) in [7, 11) is -2.41. The highest BCUT2D eigenvalue weighted by Crippen LogP contribution is 2.32. The van der Waals surface area contributed by atoms with Gasteiger partial charge in [0.1, 0.15) is 5.75 Å². The van der Waals surface area contributed by atoms with Crippen LogP contribution in [0.3, 0.4) is 0 Å². The average Bonchev–Trinajstić information content (AvgIpc) is 2.88. The molecule has 0 spiro atoms. The number of nitrogens with zero attached hydrogens (tertiary/aromatic N) is 1. The van der Waals surface area contributed by atoms with E-state index in [1.165, 1.54) is 23.5 Å². The highest BCUT2D eigenvalue weighted by atomic mass is 79.9. The molecule has 37 heavy (non-hydrogen) atoms. The van der Waals surface area contributed by atoms with Crippen LogP contribution in [0, 0.1) is 6.92 Å². The summed E-state index contributed by atoms with van der Waals surface area (Å²) in [5, 5.41) is 3.33. The van der Waals surface area contributed by atoms with E-state index in [1.807, 2.05) is 19.1 Å². The minimum absolute atomic E-state index is 0.0746. The molecule has 1 amide bonds. The van der Waals surface area contributed by atoms with Gasteiger partial charge in [0.05, 0.1) is 28.7 Å². The normalized spacial score (nSPS) is 11.1. The zero-order valence-corrected chi connectivity index (χ0v) is 23.3. The maximum Gasteiger partial charge on any atom is 0.264 e. The van der Waals surface area contributed by atoms with Crippen LogP contribution in [-0.4, -0.2) is 21.4 Å². The van der Waals surface area contributed by atoms with E-state index >= 15 is 0 Å². The number of hydrogen-bond donors (Lipinski definition) is 1. The van der Waals surface area contributed by atoms with Crippen LogP contribution in [0.4, 0.5) is 11.4 Å². The summed E-state index contributed by atoms with van der Waals surface area (Å²) < 4.78 is 34.7. The number of amides is 1. The lowest BCUT2D eigenvalue weighted by Crippen LogP contribution is -2.30. The Balaban J connectivity index is 1.62. The van der Waals surface area contributed by atoms with Crippen LogP contribution < -0.4 is 14.4 Å². The molecule has 0 aliphatic heterocycles. The zero-order valence-electron chi connectivity index (χ0n) is 20.1. The Kier molecular flexibility index (Phi) is 8.22. The van der Waals surface area contributed by atoms with Gasteiger partial charge in [0, 0.05) is 16.3 Å². The van der Waals surface area contributed by atoms with Crippen molar-refractivity contribution in [3.63, 3.8) is 0 Å². The van der Waals surface area contributed by atoms with Crippen molar-refractivity contribution in [2.75, 3.05) is 16.7 Å². The Morgan fingerprint density at radius 2 is 1.68 bits per heavy atom. The quantitative estimate of drug-likeness (QED) is 0.235. The van der Waals surface area contributed by atoms with E-state index in [0.29, 0.717) is 32.2 Å². The number of sulfonamides is 1. The molecule has 0 bridgehead atoms. The Morgan fingerprint density at radius 1 is 0.973 bits per heavy atom. The first-order valence-electron chi connectivity index (χ1n) is 11.3. The first-order chi connectivity index (χ1) is 17.7. The van der Waals surface area contributed by atoms with E-state index < -0.39 is 10.0 Å². The lowest BCUT2D eigenvalue weighted by atomic mass is 10.1. The van der Waals surface area contributed by atoms with E-state index in [9.17, 15) is 13.2 Å².